The highest BCUT2D eigenvalue weighted by Crippen LogP contribution is 1.60. The fraction of sp³-hybridized carbons (Fsp3) is 0.250. The molecule has 2 amide bonds. The Bertz CT molecular complexity index is 83.9. The minimum Gasteiger partial charge on any atom is -0.352 e. The van der Waals surface area contributed by atoms with Crippen LogP contribution < -0.4 is 11.1 Å². The third-order valence-electron chi connectivity index (χ3n) is 0.271. The van der Waals surface area contributed by atoms with Gasteiger partial charge in [-0.25, -0.2) is 4.79 Å². The minimum atomic E-state index is -1.85. The molecule has 0 saturated heterocycles. The zero-order valence-corrected chi connectivity index (χ0v) is 4.87. The van der Waals surface area contributed by atoms with Crippen LogP contribution in [0.3, 0.4) is 0 Å². The average Bonchev–Trinajstić information content (AvgIpc) is 1.68. The van der Waals surface area contributed by atoms with Crippen molar-refractivity contribution in [1.29, 1.82) is 0 Å². The minimum absolute atomic E-state index is 0.963. The highest BCUT2D eigenvalue weighted by molar-refractivity contribution is 5.71. The number of rotatable bonds is 1. The summed E-state index contributed by atoms with van der Waals surface area (Å²) in [6.45, 7) is 6.00. The van der Waals surface area contributed by atoms with Crippen molar-refractivity contribution in [3.63, 3.8) is 0 Å². The summed E-state index contributed by atoms with van der Waals surface area (Å²) in [4.78, 5) is 9.60. The monoisotopic (exact) mass is 134 g/mol. The Morgan fingerprint density at radius 2 is 1.89 bits per heavy atom. The first kappa shape index (κ1) is 10.8. The lowest BCUT2D eigenvalue weighted by Crippen LogP contribution is -2.38. The lowest BCUT2D eigenvalue weighted by Gasteiger charge is -1.99. The zero-order valence-electron chi connectivity index (χ0n) is 4.87. The Balaban J connectivity index is 0. The molecule has 0 aromatic heterocycles. The van der Waals surface area contributed by atoms with Gasteiger partial charge in [0.2, 0.25) is 6.41 Å². The van der Waals surface area contributed by atoms with Gasteiger partial charge in [0, 0.05) is 0 Å². The van der Waals surface area contributed by atoms with E-state index in [1.807, 2.05) is 0 Å². The molecule has 5 nitrogen and oxygen atoms in total. The van der Waals surface area contributed by atoms with Crippen LogP contribution >= 0.6 is 0 Å². The zero-order chi connectivity index (χ0) is 7.86. The number of hydrogen-bond donors (Lipinski definition) is 4. The van der Waals surface area contributed by atoms with Crippen molar-refractivity contribution in [2.45, 2.75) is 6.41 Å². The van der Waals surface area contributed by atoms with Gasteiger partial charge >= 0.3 is 6.03 Å². The molecule has 5 N–H and O–H groups in total. The Morgan fingerprint density at radius 3 is 1.89 bits per heavy atom. The van der Waals surface area contributed by atoms with Gasteiger partial charge in [-0.2, -0.15) is 0 Å². The summed E-state index contributed by atoms with van der Waals surface area (Å²) in [6, 6.07) is -0.963. The van der Waals surface area contributed by atoms with Crippen LogP contribution in [-0.4, -0.2) is 22.7 Å². The molecule has 0 aromatic rings. The van der Waals surface area contributed by atoms with Gasteiger partial charge in [-0.15, -0.1) is 13.2 Å². The molecule has 0 aliphatic heterocycles. The summed E-state index contributed by atoms with van der Waals surface area (Å²) in [7, 11) is 0. The van der Waals surface area contributed by atoms with Gasteiger partial charge in [0.05, 0.1) is 0 Å². The molecule has 0 aromatic carbocycles. The van der Waals surface area contributed by atoms with Crippen LogP contribution in [0, 0.1) is 0 Å². The second-order valence-electron chi connectivity index (χ2n) is 0.882. The van der Waals surface area contributed by atoms with E-state index in [4.69, 9.17) is 10.2 Å². The van der Waals surface area contributed by atoms with E-state index in [9.17, 15) is 4.79 Å². The van der Waals surface area contributed by atoms with E-state index in [1.54, 1.807) is 5.32 Å². The van der Waals surface area contributed by atoms with Crippen molar-refractivity contribution in [1.82, 2.24) is 5.32 Å². The Kier molecular flexibility index (Phi) is 8.34. The van der Waals surface area contributed by atoms with Crippen LogP contribution in [0.2, 0.25) is 0 Å². The van der Waals surface area contributed by atoms with Crippen LogP contribution in [0.15, 0.2) is 13.2 Å². The average molecular weight is 134 g/mol. The summed E-state index contributed by atoms with van der Waals surface area (Å²) in [5.41, 5.74) is 4.42. The second-order valence-corrected chi connectivity index (χ2v) is 0.882. The van der Waals surface area contributed by atoms with Crippen LogP contribution in [0.1, 0.15) is 0 Å². The second kappa shape index (κ2) is 6.93. The first-order chi connectivity index (χ1) is 4.13. The van der Waals surface area contributed by atoms with Gasteiger partial charge < -0.3 is 15.9 Å². The van der Waals surface area contributed by atoms with E-state index < -0.39 is 12.4 Å². The number of nitrogens with two attached hydrogens (primary N) is 1. The van der Waals surface area contributed by atoms with Crippen molar-refractivity contribution >= 4 is 6.03 Å². The molecule has 0 rings (SSSR count). The summed E-state index contributed by atoms with van der Waals surface area (Å²) in [6.07, 6.45) is -1.85. The first-order valence-corrected chi connectivity index (χ1v) is 2.05. The van der Waals surface area contributed by atoms with Gasteiger partial charge in [-0.05, 0) is 0 Å². The number of primary amides is 1. The van der Waals surface area contributed by atoms with Crippen LogP contribution in [0.5, 0.6) is 0 Å². The molecule has 0 heterocycles. The van der Waals surface area contributed by atoms with Crippen LogP contribution in [0.4, 0.5) is 4.79 Å². The van der Waals surface area contributed by atoms with Gasteiger partial charge in [0.1, 0.15) is 0 Å². The lowest BCUT2D eigenvalue weighted by molar-refractivity contribution is -0.0547. The summed E-state index contributed by atoms with van der Waals surface area (Å²) in [5, 5.41) is 17.3. The van der Waals surface area contributed by atoms with Gasteiger partial charge in [0.25, 0.3) is 0 Å². The molecule has 0 aliphatic rings. The molecule has 0 radical (unpaired) electrons. The van der Waals surface area contributed by atoms with Crippen molar-refractivity contribution in [2.24, 2.45) is 5.73 Å². The molecule has 0 unspecified atom stereocenters. The largest absolute Gasteiger partial charge is 0.352 e. The van der Waals surface area contributed by atoms with Gasteiger partial charge in [-0.3, -0.25) is 5.32 Å². The molecule has 0 bridgehead atoms. The summed E-state index contributed by atoms with van der Waals surface area (Å²) < 4.78 is 0. The van der Waals surface area contributed by atoms with Crippen LogP contribution in [-0.2, 0) is 0 Å². The van der Waals surface area contributed by atoms with Gasteiger partial charge in [0.15, 0.2) is 0 Å². The number of amides is 2. The van der Waals surface area contributed by atoms with Crippen molar-refractivity contribution in [2.75, 3.05) is 0 Å². The van der Waals surface area contributed by atoms with E-state index in [0.29, 0.717) is 0 Å². The molecular formula is C4H10N2O3. The lowest BCUT2D eigenvalue weighted by atomic mass is 10.9. The Hall–Kier alpha value is -1.07. The number of carbonyl (C=O) groups excluding carboxylic acids is 1. The summed E-state index contributed by atoms with van der Waals surface area (Å²) in [5.74, 6) is 0. The predicted octanol–water partition coefficient (Wildman–Crippen LogP) is -1.27. The maximum Gasteiger partial charge on any atom is 0.316 e. The topological polar surface area (TPSA) is 95.6 Å². The molecule has 5 heteroatoms. The highest BCUT2D eigenvalue weighted by atomic mass is 16.5. The highest BCUT2D eigenvalue weighted by Gasteiger charge is 1.95. The first-order valence-electron chi connectivity index (χ1n) is 2.05. The van der Waals surface area contributed by atoms with Gasteiger partial charge in [-0.1, -0.05) is 0 Å². The third-order valence-corrected chi connectivity index (χ3v) is 0.271. The van der Waals surface area contributed by atoms with E-state index >= 15 is 0 Å². The van der Waals surface area contributed by atoms with Crippen LogP contribution in [0.25, 0.3) is 0 Å². The molecule has 9 heavy (non-hydrogen) atoms. The number of nitrogens with one attached hydrogen (secondary N) is 1. The predicted molar refractivity (Wildman–Crippen MR) is 32.2 cm³/mol. The normalized spacial score (nSPS) is 7.44. The Morgan fingerprint density at radius 1 is 1.56 bits per heavy atom. The molecular weight excluding hydrogens is 124 g/mol. The Labute approximate surface area is 52.8 Å². The van der Waals surface area contributed by atoms with E-state index in [-0.39, 0.29) is 0 Å². The number of aliphatic hydroxyl groups excluding tert-OH is 1. The molecule has 0 atom stereocenters. The van der Waals surface area contributed by atoms with Crippen molar-refractivity contribution in [3.05, 3.63) is 13.2 Å². The standard InChI is InChI=1S/C2H6N2O3.C2H4/c3-1(5)4-2(6)7;1-2/h2,6-7H,(H3,3,4,5);1-2H2. The summed E-state index contributed by atoms with van der Waals surface area (Å²) >= 11 is 0. The van der Waals surface area contributed by atoms with E-state index in [1.165, 1.54) is 0 Å². The molecule has 0 aliphatic carbocycles. The maximum absolute atomic E-state index is 9.60. The number of aliphatic hydroxyl groups is 2. The number of urea groups is 1. The third kappa shape index (κ3) is 19.6. The molecule has 0 saturated carbocycles. The molecule has 54 valence electrons. The van der Waals surface area contributed by atoms with Crippen molar-refractivity contribution in [3.8, 4) is 0 Å². The van der Waals surface area contributed by atoms with Crippen molar-refractivity contribution < 1.29 is 15.0 Å². The maximum atomic E-state index is 9.60. The van der Waals surface area contributed by atoms with E-state index in [0.717, 1.165) is 0 Å². The number of hydrogen-bond acceptors (Lipinski definition) is 3. The fourth-order valence-corrected chi connectivity index (χ4v) is 0.127. The fourth-order valence-electron chi connectivity index (χ4n) is 0.127. The quantitative estimate of drug-likeness (QED) is 0.266. The van der Waals surface area contributed by atoms with E-state index in [2.05, 4.69) is 18.9 Å². The smallest absolute Gasteiger partial charge is 0.316 e. The number of carbonyl (C=O) groups is 1. The SMILES string of the molecule is C=C.NC(=O)NC(O)O. The molecule has 0 spiro atoms. The molecule has 0 fully saturated rings.